The molecular weight excluding hydrogens is 438 g/mol. The Labute approximate surface area is 209 Å². The third-order valence-electron chi connectivity index (χ3n) is 8.10. The van der Waals surface area contributed by atoms with Gasteiger partial charge in [-0.25, -0.2) is 9.97 Å². The van der Waals surface area contributed by atoms with Crippen molar-refractivity contribution in [2.75, 3.05) is 44.7 Å². The minimum atomic E-state index is 0.0209. The normalized spacial score (nSPS) is 23.5. The van der Waals surface area contributed by atoms with Crippen molar-refractivity contribution in [3.8, 4) is 0 Å². The highest BCUT2D eigenvalue weighted by Gasteiger charge is 2.40. The van der Waals surface area contributed by atoms with E-state index in [0.717, 1.165) is 63.6 Å². The molecule has 1 N–H and O–H groups in total. The number of rotatable bonds is 5. The van der Waals surface area contributed by atoms with E-state index in [1.54, 1.807) is 0 Å². The lowest BCUT2D eigenvalue weighted by Crippen LogP contribution is -2.46. The maximum atomic E-state index is 13.3. The molecule has 0 spiro atoms. The fraction of sp³-hybridized carbons (Fsp3) is 0.607. The number of anilines is 1. The van der Waals surface area contributed by atoms with Gasteiger partial charge in [-0.15, -0.1) is 0 Å². The van der Waals surface area contributed by atoms with Gasteiger partial charge in [0, 0.05) is 56.2 Å². The first-order valence-corrected chi connectivity index (χ1v) is 13.1. The van der Waals surface area contributed by atoms with Crippen LogP contribution in [-0.2, 0) is 16.7 Å². The Bertz CT molecular complexity index is 1030. The van der Waals surface area contributed by atoms with Crippen LogP contribution in [0.15, 0.2) is 30.6 Å². The van der Waals surface area contributed by atoms with Crippen LogP contribution in [0.2, 0.25) is 0 Å². The second-order valence-electron chi connectivity index (χ2n) is 11.5. The number of carbonyl (C=O) groups excluding carboxylic acids is 1. The number of hydrogen-bond acceptors (Lipinski definition) is 6. The van der Waals surface area contributed by atoms with Crippen molar-refractivity contribution in [1.29, 1.82) is 0 Å². The molecule has 35 heavy (non-hydrogen) atoms. The van der Waals surface area contributed by atoms with Crippen molar-refractivity contribution in [3.63, 3.8) is 0 Å². The topological polar surface area (TPSA) is 70.6 Å². The lowest BCUT2D eigenvalue weighted by Gasteiger charge is -2.37. The van der Waals surface area contributed by atoms with Crippen molar-refractivity contribution in [3.05, 3.63) is 53.0 Å². The van der Waals surface area contributed by atoms with Gasteiger partial charge in [0.15, 0.2) is 0 Å². The fourth-order valence-corrected chi connectivity index (χ4v) is 5.76. The molecule has 188 valence electrons. The van der Waals surface area contributed by atoms with Crippen LogP contribution in [0, 0.1) is 18.8 Å². The largest absolute Gasteiger partial charge is 0.381 e. The van der Waals surface area contributed by atoms with E-state index in [0.29, 0.717) is 30.1 Å². The summed E-state index contributed by atoms with van der Waals surface area (Å²) in [6, 6.07) is 9.26. The predicted octanol–water partition coefficient (Wildman–Crippen LogP) is 3.88. The van der Waals surface area contributed by atoms with E-state index in [2.05, 4.69) is 65.2 Å². The summed E-state index contributed by atoms with van der Waals surface area (Å²) in [5, 5.41) is 3.41. The quantitative estimate of drug-likeness (QED) is 0.705. The SMILES string of the molecule is Cc1c(NCc2ccc(C(C)(C)C)cc2)ncnc1C(=O)N1CCC(N2CC3COCC3C2)CC1. The average Bonchev–Trinajstić information content (AvgIpc) is 3.46. The van der Waals surface area contributed by atoms with E-state index in [4.69, 9.17) is 4.74 Å². The lowest BCUT2D eigenvalue weighted by molar-refractivity contribution is 0.0612. The Morgan fingerprint density at radius 1 is 1.06 bits per heavy atom. The van der Waals surface area contributed by atoms with E-state index in [9.17, 15) is 4.79 Å². The van der Waals surface area contributed by atoms with Gasteiger partial charge in [0.05, 0.1) is 13.2 Å². The Morgan fingerprint density at radius 3 is 2.34 bits per heavy atom. The van der Waals surface area contributed by atoms with Crippen molar-refractivity contribution in [1.82, 2.24) is 19.8 Å². The number of aromatic nitrogens is 2. The number of nitrogens with zero attached hydrogens (tertiary/aromatic N) is 4. The van der Waals surface area contributed by atoms with Gasteiger partial charge in [-0.2, -0.15) is 0 Å². The summed E-state index contributed by atoms with van der Waals surface area (Å²) >= 11 is 0. The average molecular weight is 478 g/mol. The molecule has 7 nitrogen and oxygen atoms in total. The Hall–Kier alpha value is -2.51. The summed E-state index contributed by atoms with van der Waals surface area (Å²) in [6.45, 7) is 15.0. The number of carbonyl (C=O) groups is 1. The van der Waals surface area contributed by atoms with Gasteiger partial charge < -0.3 is 15.0 Å². The molecule has 0 aliphatic carbocycles. The number of hydrogen-bond donors (Lipinski definition) is 1. The second-order valence-corrected chi connectivity index (χ2v) is 11.5. The van der Waals surface area contributed by atoms with Crippen molar-refractivity contribution >= 4 is 11.7 Å². The zero-order valence-electron chi connectivity index (χ0n) is 21.6. The van der Waals surface area contributed by atoms with Crippen LogP contribution in [0.1, 0.15) is 60.8 Å². The predicted molar refractivity (Wildman–Crippen MR) is 138 cm³/mol. The van der Waals surface area contributed by atoms with Crippen LogP contribution in [0.5, 0.6) is 0 Å². The molecule has 0 radical (unpaired) electrons. The third kappa shape index (κ3) is 5.21. The van der Waals surface area contributed by atoms with Crippen LogP contribution in [0.3, 0.4) is 0 Å². The number of nitrogens with one attached hydrogen (secondary N) is 1. The Kier molecular flexibility index (Phi) is 6.82. The number of benzene rings is 1. The standard InChI is InChI=1S/C28H39N5O2/c1-19-25(30-18-31-26(19)29-13-20-5-7-23(8-6-20)28(2,3)4)27(34)32-11-9-24(10-12-32)33-14-21-16-35-17-22(21)15-33/h5-8,18,21-22,24H,9-17H2,1-4H3,(H,29,30,31). The second kappa shape index (κ2) is 9.86. The Morgan fingerprint density at radius 2 is 1.71 bits per heavy atom. The third-order valence-corrected chi connectivity index (χ3v) is 8.10. The molecule has 3 fully saturated rings. The van der Waals surface area contributed by atoms with Crippen molar-refractivity contribution < 1.29 is 9.53 Å². The fourth-order valence-electron chi connectivity index (χ4n) is 5.76. The van der Waals surface area contributed by atoms with Crippen LogP contribution in [-0.4, -0.2) is 71.1 Å². The van der Waals surface area contributed by atoms with Crippen molar-refractivity contribution in [2.45, 2.75) is 58.5 Å². The number of likely N-dealkylation sites (tertiary alicyclic amines) is 2. The number of ether oxygens (including phenoxy) is 1. The van der Waals surface area contributed by atoms with E-state index in [1.807, 2.05) is 11.8 Å². The molecule has 7 heteroatoms. The number of piperidine rings is 1. The molecule has 1 aromatic heterocycles. The highest BCUT2D eigenvalue weighted by Crippen LogP contribution is 2.33. The van der Waals surface area contributed by atoms with Crippen molar-refractivity contribution in [2.24, 2.45) is 11.8 Å². The molecule has 2 atom stereocenters. The first-order valence-electron chi connectivity index (χ1n) is 13.1. The first kappa shape index (κ1) is 24.2. The van der Waals surface area contributed by atoms with Crippen LogP contribution in [0.25, 0.3) is 0 Å². The number of amides is 1. The number of fused-ring (bicyclic) bond motifs is 1. The van der Waals surface area contributed by atoms with Gasteiger partial charge in [0.2, 0.25) is 0 Å². The van der Waals surface area contributed by atoms with Gasteiger partial charge in [-0.3, -0.25) is 9.69 Å². The maximum absolute atomic E-state index is 13.3. The van der Waals surface area contributed by atoms with Gasteiger partial charge in [0.25, 0.3) is 5.91 Å². The summed E-state index contributed by atoms with van der Waals surface area (Å²) in [6.07, 6.45) is 3.57. The highest BCUT2D eigenvalue weighted by atomic mass is 16.5. The molecule has 0 bridgehead atoms. The van der Waals surface area contributed by atoms with E-state index >= 15 is 0 Å². The monoisotopic (exact) mass is 477 g/mol. The molecular formula is C28H39N5O2. The molecule has 1 amide bonds. The van der Waals surface area contributed by atoms with E-state index in [1.165, 1.54) is 17.5 Å². The molecule has 5 rings (SSSR count). The van der Waals surface area contributed by atoms with E-state index < -0.39 is 0 Å². The maximum Gasteiger partial charge on any atom is 0.272 e. The zero-order valence-corrected chi connectivity index (χ0v) is 21.6. The minimum absolute atomic E-state index is 0.0209. The zero-order chi connectivity index (χ0) is 24.6. The first-order chi connectivity index (χ1) is 16.8. The Balaban J connectivity index is 1.17. The highest BCUT2D eigenvalue weighted by molar-refractivity contribution is 5.94. The molecule has 4 heterocycles. The summed E-state index contributed by atoms with van der Waals surface area (Å²) in [4.78, 5) is 26.8. The summed E-state index contributed by atoms with van der Waals surface area (Å²) in [5.41, 5.74) is 3.97. The molecule has 0 saturated carbocycles. The molecule has 3 aliphatic heterocycles. The smallest absolute Gasteiger partial charge is 0.272 e. The van der Waals surface area contributed by atoms with Crippen LogP contribution < -0.4 is 5.32 Å². The molecule has 2 unspecified atom stereocenters. The van der Waals surface area contributed by atoms with Crippen LogP contribution >= 0.6 is 0 Å². The summed E-state index contributed by atoms with van der Waals surface area (Å²) < 4.78 is 5.63. The van der Waals surface area contributed by atoms with Crippen LogP contribution in [0.4, 0.5) is 5.82 Å². The van der Waals surface area contributed by atoms with Gasteiger partial charge in [-0.1, -0.05) is 45.0 Å². The molecule has 3 saturated heterocycles. The van der Waals surface area contributed by atoms with Gasteiger partial charge in [0.1, 0.15) is 17.8 Å². The molecule has 3 aliphatic rings. The summed E-state index contributed by atoms with van der Waals surface area (Å²) in [5.74, 6) is 2.16. The summed E-state index contributed by atoms with van der Waals surface area (Å²) in [7, 11) is 0. The molecule has 1 aromatic carbocycles. The van der Waals surface area contributed by atoms with Gasteiger partial charge in [-0.05, 0) is 36.3 Å². The minimum Gasteiger partial charge on any atom is -0.381 e. The lowest BCUT2D eigenvalue weighted by atomic mass is 9.87. The van der Waals surface area contributed by atoms with E-state index in [-0.39, 0.29) is 11.3 Å². The molecule has 2 aromatic rings. The van der Waals surface area contributed by atoms with Gasteiger partial charge >= 0.3 is 0 Å².